The number of nitrogens with zero attached hydrogens (tertiary/aromatic N) is 4. The summed E-state index contributed by atoms with van der Waals surface area (Å²) in [7, 11) is 4.02. The molecule has 0 amide bonds. The zero-order valence-electron chi connectivity index (χ0n) is 16.5. The third-order valence-corrected chi connectivity index (χ3v) is 5.27. The summed E-state index contributed by atoms with van der Waals surface area (Å²) < 4.78 is 0.960. The maximum atomic E-state index is 6.20. The molecule has 0 aliphatic heterocycles. The normalized spacial score (nSPS) is 11.2. The van der Waals surface area contributed by atoms with Gasteiger partial charge in [-0.1, -0.05) is 51.8 Å². The number of hydrogen-bond donors (Lipinski definition) is 1. The molecule has 7 heteroatoms. The molecule has 30 heavy (non-hydrogen) atoms. The summed E-state index contributed by atoms with van der Waals surface area (Å²) in [5.74, 6) is 0.418. The van der Waals surface area contributed by atoms with Crippen LogP contribution in [0.3, 0.4) is 0 Å². The predicted octanol–water partition coefficient (Wildman–Crippen LogP) is 6.22. The number of fused-ring (bicyclic) bond motifs is 1. The van der Waals surface area contributed by atoms with Crippen molar-refractivity contribution in [3.05, 3.63) is 81.8 Å². The van der Waals surface area contributed by atoms with E-state index in [-0.39, 0.29) is 0 Å². The Bertz CT molecular complexity index is 1220. The highest BCUT2D eigenvalue weighted by atomic mass is 79.9. The molecule has 0 fully saturated rings. The van der Waals surface area contributed by atoms with Gasteiger partial charge in [-0.3, -0.25) is 0 Å². The largest absolute Gasteiger partial charge is 0.378 e. The fourth-order valence-corrected chi connectivity index (χ4v) is 3.58. The topological polar surface area (TPSA) is 53.4 Å². The first kappa shape index (κ1) is 20.3. The van der Waals surface area contributed by atoms with Gasteiger partial charge in [0.05, 0.1) is 17.4 Å². The summed E-state index contributed by atoms with van der Waals surface area (Å²) in [6.45, 7) is 0. The molecule has 0 unspecified atom stereocenters. The molecule has 4 aromatic rings. The van der Waals surface area contributed by atoms with Crippen LogP contribution in [0.25, 0.3) is 22.2 Å². The molecule has 0 radical (unpaired) electrons. The first-order valence-corrected chi connectivity index (χ1v) is 10.5. The zero-order valence-corrected chi connectivity index (χ0v) is 18.8. The van der Waals surface area contributed by atoms with Crippen molar-refractivity contribution in [2.45, 2.75) is 0 Å². The molecule has 0 saturated heterocycles. The molecule has 0 spiro atoms. The van der Waals surface area contributed by atoms with Crippen LogP contribution in [-0.2, 0) is 0 Å². The minimum atomic E-state index is 0.418. The zero-order chi connectivity index (χ0) is 21.1. The lowest BCUT2D eigenvalue weighted by molar-refractivity contribution is 1.13. The molecule has 0 atom stereocenters. The molecule has 1 heterocycles. The fourth-order valence-electron chi connectivity index (χ4n) is 3.03. The van der Waals surface area contributed by atoms with Gasteiger partial charge in [0, 0.05) is 40.2 Å². The molecule has 3 aromatic carbocycles. The highest BCUT2D eigenvalue weighted by molar-refractivity contribution is 9.10. The Morgan fingerprint density at radius 2 is 1.80 bits per heavy atom. The van der Waals surface area contributed by atoms with Crippen LogP contribution in [0.5, 0.6) is 0 Å². The number of anilines is 2. The Morgan fingerprint density at radius 1 is 1.00 bits per heavy atom. The van der Waals surface area contributed by atoms with Gasteiger partial charge in [0.1, 0.15) is 0 Å². The van der Waals surface area contributed by atoms with Crippen LogP contribution >= 0.6 is 27.5 Å². The van der Waals surface area contributed by atoms with E-state index in [0.717, 1.165) is 37.9 Å². The Morgan fingerprint density at radius 3 is 2.53 bits per heavy atom. The maximum absolute atomic E-state index is 6.20. The Hall–Kier alpha value is -2.96. The summed E-state index contributed by atoms with van der Waals surface area (Å²) in [6.07, 6.45) is 1.74. The minimum absolute atomic E-state index is 0.418. The van der Waals surface area contributed by atoms with Crippen LogP contribution in [0, 0.1) is 0 Å². The van der Waals surface area contributed by atoms with Gasteiger partial charge in [-0.2, -0.15) is 5.10 Å². The number of hydrazone groups is 1. The minimum Gasteiger partial charge on any atom is -0.378 e. The maximum Gasteiger partial charge on any atom is 0.244 e. The van der Waals surface area contributed by atoms with Crippen molar-refractivity contribution >= 4 is 56.3 Å². The number of benzene rings is 3. The molecule has 1 N–H and O–H groups in total. The molecule has 1 aromatic heterocycles. The lowest BCUT2D eigenvalue weighted by atomic mass is 10.1. The van der Waals surface area contributed by atoms with Crippen molar-refractivity contribution in [2.24, 2.45) is 5.10 Å². The average molecular weight is 481 g/mol. The summed E-state index contributed by atoms with van der Waals surface area (Å²) in [4.78, 5) is 11.4. The summed E-state index contributed by atoms with van der Waals surface area (Å²) >= 11 is 9.73. The van der Waals surface area contributed by atoms with Gasteiger partial charge in [0.2, 0.25) is 5.95 Å². The standard InChI is InChI=1S/C23H19BrClN5/c1-30(2)19-9-6-15(7-10-19)14-26-29-23-27-21-11-8-17(24)13-20(21)22(28-23)16-4-3-5-18(25)12-16/h3-14H,1-2H3,(H,27,28,29). The number of halogens is 2. The van der Waals surface area contributed by atoms with E-state index in [1.807, 2.05) is 80.8 Å². The third kappa shape index (κ3) is 4.61. The first-order chi connectivity index (χ1) is 14.5. The van der Waals surface area contributed by atoms with Crippen LogP contribution in [0.2, 0.25) is 5.02 Å². The molecular weight excluding hydrogens is 462 g/mol. The Kier molecular flexibility index (Phi) is 5.97. The molecule has 150 valence electrons. The van der Waals surface area contributed by atoms with Crippen LogP contribution < -0.4 is 10.3 Å². The van der Waals surface area contributed by atoms with E-state index in [4.69, 9.17) is 16.6 Å². The van der Waals surface area contributed by atoms with Crippen molar-refractivity contribution in [1.29, 1.82) is 0 Å². The van der Waals surface area contributed by atoms with E-state index in [1.54, 1.807) is 6.21 Å². The SMILES string of the molecule is CN(C)c1ccc(C=NNc2nc(-c3cccc(Cl)c3)c3cc(Br)ccc3n2)cc1. The van der Waals surface area contributed by atoms with Crippen molar-refractivity contribution in [2.75, 3.05) is 24.4 Å². The van der Waals surface area contributed by atoms with Gasteiger partial charge < -0.3 is 4.90 Å². The van der Waals surface area contributed by atoms with Gasteiger partial charge >= 0.3 is 0 Å². The summed E-state index contributed by atoms with van der Waals surface area (Å²) in [6, 6.07) is 21.6. The Balaban J connectivity index is 1.67. The van der Waals surface area contributed by atoms with Gasteiger partial charge in [0.15, 0.2) is 0 Å². The van der Waals surface area contributed by atoms with E-state index >= 15 is 0 Å². The summed E-state index contributed by atoms with van der Waals surface area (Å²) in [5, 5.41) is 5.90. The van der Waals surface area contributed by atoms with Gasteiger partial charge in [0.25, 0.3) is 0 Å². The predicted molar refractivity (Wildman–Crippen MR) is 130 cm³/mol. The monoisotopic (exact) mass is 479 g/mol. The molecule has 0 bridgehead atoms. The lowest BCUT2D eigenvalue weighted by Gasteiger charge is -2.11. The second kappa shape index (κ2) is 8.81. The number of nitrogens with one attached hydrogen (secondary N) is 1. The van der Waals surface area contributed by atoms with E-state index in [1.165, 1.54) is 0 Å². The smallest absolute Gasteiger partial charge is 0.244 e. The molecular formula is C23H19BrClN5. The van der Waals surface area contributed by atoms with Gasteiger partial charge in [-0.25, -0.2) is 15.4 Å². The van der Waals surface area contributed by atoms with Crippen LogP contribution in [0.15, 0.2) is 76.3 Å². The highest BCUT2D eigenvalue weighted by Crippen LogP contribution is 2.30. The molecule has 0 saturated carbocycles. The van der Waals surface area contributed by atoms with E-state index in [0.29, 0.717) is 11.0 Å². The molecule has 4 rings (SSSR count). The number of hydrogen-bond acceptors (Lipinski definition) is 5. The average Bonchev–Trinajstić information content (AvgIpc) is 2.74. The number of rotatable bonds is 5. The molecule has 0 aliphatic carbocycles. The van der Waals surface area contributed by atoms with Crippen LogP contribution in [0.4, 0.5) is 11.6 Å². The Labute approximate surface area is 188 Å². The van der Waals surface area contributed by atoms with Crippen molar-refractivity contribution in [3.63, 3.8) is 0 Å². The van der Waals surface area contributed by atoms with Crippen molar-refractivity contribution in [3.8, 4) is 11.3 Å². The van der Waals surface area contributed by atoms with Crippen molar-refractivity contribution < 1.29 is 0 Å². The van der Waals surface area contributed by atoms with E-state index < -0.39 is 0 Å². The quantitative estimate of drug-likeness (QED) is 0.272. The molecule has 5 nitrogen and oxygen atoms in total. The second-order valence-electron chi connectivity index (χ2n) is 6.92. The van der Waals surface area contributed by atoms with Crippen LogP contribution in [0.1, 0.15) is 5.56 Å². The fraction of sp³-hybridized carbons (Fsp3) is 0.0870. The van der Waals surface area contributed by atoms with Crippen molar-refractivity contribution in [1.82, 2.24) is 9.97 Å². The van der Waals surface area contributed by atoms with Gasteiger partial charge in [-0.15, -0.1) is 0 Å². The van der Waals surface area contributed by atoms with E-state index in [2.05, 4.69) is 36.3 Å². The third-order valence-electron chi connectivity index (χ3n) is 4.54. The van der Waals surface area contributed by atoms with Crippen LogP contribution in [-0.4, -0.2) is 30.3 Å². The first-order valence-electron chi connectivity index (χ1n) is 9.29. The number of aromatic nitrogens is 2. The van der Waals surface area contributed by atoms with E-state index in [9.17, 15) is 0 Å². The second-order valence-corrected chi connectivity index (χ2v) is 8.28. The van der Waals surface area contributed by atoms with Gasteiger partial charge in [-0.05, 0) is 48.0 Å². The lowest BCUT2D eigenvalue weighted by Crippen LogP contribution is -2.08. The molecule has 0 aliphatic rings. The summed E-state index contributed by atoms with van der Waals surface area (Å²) in [5.41, 5.74) is 7.59. The highest BCUT2D eigenvalue weighted by Gasteiger charge is 2.11.